The van der Waals surface area contributed by atoms with E-state index in [2.05, 4.69) is 47.1 Å². The molecule has 0 radical (unpaired) electrons. The first-order chi connectivity index (χ1) is 17.8. The third-order valence-electron chi connectivity index (χ3n) is 7.42. The smallest absolute Gasteiger partial charge is 0.324 e. The monoisotopic (exact) mass is 525 g/mol. The Labute approximate surface area is 218 Å². The molecule has 3 aromatic rings. The van der Waals surface area contributed by atoms with Crippen LogP contribution in [0.4, 0.5) is 6.01 Å². The molecule has 1 fully saturated rings. The molecule has 1 saturated heterocycles. The number of piperidine rings is 1. The van der Waals surface area contributed by atoms with Crippen LogP contribution in [0.5, 0.6) is 5.75 Å². The highest BCUT2D eigenvalue weighted by atomic mass is 32.2. The van der Waals surface area contributed by atoms with Gasteiger partial charge in [-0.2, -0.15) is 4.98 Å². The number of fused-ring (bicyclic) bond motifs is 1. The van der Waals surface area contributed by atoms with Gasteiger partial charge in [0.2, 0.25) is 0 Å². The number of aryl methyl sites for hydroxylation is 1. The van der Waals surface area contributed by atoms with E-state index in [0.717, 1.165) is 67.0 Å². The lowest BCUT2D eigenvalue weighted by molar-refractivity contribution is 0.0217. The minimum absolute atomic E-state index is 0.00377. The second-order valence-electron chi connectivity index (χ2n) is 10.6. The highest BCUT2D eigenvalue weighted by molar-refractivity contribution is 7.90. The molecule has 2 aromatic carbocycles. The van der Waals surface area contributed by atoms with Gasteiger partial charge in [0.15, 0.2) is 15.7 Å². The molecule has 3 heterocycles. The van der Waals surface area contributed by atoms with Crippen molar-refractivity contribution >= 4 is 15.9 Å². The maximum atomic E-state index is 12.2. The van der Waals surface area contributed by atoms with Crippen LogP contribution in [0.25, 0.3) is 11.1 Å². The molecule has 5 rings (SSSR count). The lowest BCUT2D eigenvalue weighted by Gasteiger charge is -2.44. The number of ether oxygens (including phenoxy) is 1. The minimum Gasteiger partial charge on any atom is -0.487 e. The number of aliphatic hydroxyl groups excluding tert-OH is 1. The van der Waals surface area contributed by atoms with Crippen LogP contribution < -0.4 is 9.64 Å². The number of rotatable bonds is 8. The van der Waals surface area contributed by atoms with Gasteiger partial charge in [-0.3, -0.25) is 0 Å². The number of benzene rings is 2. The highest BCUT2D eigenvalue weighted by Gasteiger charge is 2.40. The lowest BCUT2D eigenvalue weighted by Crippen LogP contribution is -2.50. The first kappa shape index (κ1) is 25.7. The molecule has 37 heavy (non-hydrogen) atoms. The van der Waals surface area contributed by atoms with E-state index in [1.165, 1.54) is 5.56 Å². The van der Waals surface area contributed by atoms with Crippen LogP contribution in [0.1, 0.15) is 62.4 Å². The number of hydrogen-bond donors (Lipinski definition) is 1. The van der Waals surface area contributed by atoms with Gasteiger partial charge in [0.25, 0.3) is 0 Å². The van der Waals surface area contributed by atoms with E-state index in [1.807, 2.05) is 24.3 Å². The zero-order valence-electron chi connectivity index (χ0n) is 21.5. The van der Waals surface area contributed by atoms with Crippen LogP contribution >= 0.6 is 0 Å². The van der Waals surface area contributed by atoms with Crippen molar-refractivity contribution in [1.29, 1.82) is 0 Å². The normalized spacial score (nSPS) is 17.1. The SMILES string of the molecule is CC(C)c1noc(N2CCC3(CCc4cc(-c5ccc(CS(=O)(=O)CCCO)cc5)ccc4O3)CC2)n1. The second-order valence-corrected chi connectivity index (χ2v) is 12.7. The van der Waals surface area contributed by atoms with E-state index >= 15 is 0 Å². The van der Waals surface area contributed by atoms with Crippen LogP contribution in [0, 0.1) is 0 Å². The average Bonchev–Trinajstić information content (AvgIpc) is 3.39. The molecule has 0 amide bonds. The summed E-state index contributed by atoms with van der Waals surface area (Å²) in [5.74, 6) is 1.94. The quantitative estimate of drug-likeness (QED) is 0.458. The van der Waals surface area contributed by atoms with Crippen LogP contribution in [0.15, 0.2) is 47.0 Å². The second kappa shape index (κ2) is 10.5. The summed E-state index contributed by atoms with van der Waals surface area (Å²) in [5.41, 5.74) is 3.96. The summed E-state index contributed by atoms with van der Waals surface area (Å²) < 4.78 is 36.5. The number of anilines is 1. The fourth-order valence-corrected chi connectivity index (χ4v) is 6.57. The van der Waals surface area contributed by atoms with E-state index in [9.17, 15) is 8.42 Å². The number of sulfone groups is 1. The Hall–Kier alpha value is -2.91. The average molecular weight is 526 g/mol. The molecule has 198 valence electrons. The molecule has 0 saturated carbocycles. The largest absolute Gasteiger partial charge is 0.487 e. The summed E-state index contributed by atoms with van der Waals surface area (Å²) in [6, 6.07) is 14.6. The van der Waals surface area contributed by atoms with Crippen molar-refractivity contribution in [3.8, 4) is 16.9 Å². The molecule has 2 aliphatic rings. The molecule has 0 unspecified atom stereocenters. The van der Waals surface area contributed by atoms with Crippen molar-refractivity contribution in [3.05, 3.63) is 59.4 Å². The van der Waals surface area contributed by atoms with Crippen LogP contribution in [0.3, 0.4) is 0 Å². The van der Waals surface area contributed by atoms with E-state index in [0.29, 0.717) is 6.01 Å². The Kier molecular flexibility index (Phi) is 7.27. The van der Waals surface area contributed by atoms with Crippen LogP contribution in [-0.2, 0) is 22.0 Å². The van der Waals surface area contributed by atoms with Gasteiger partial charge < -0.3 is 19.3 Å². The Morgan fingerprint density at radius 3 is 2.46 bits per heavy atom. The van der Waals surface area contributed by atoms with Crippen LogP contribution in [-0.4, -0.2) is 54.7 Å². The lowest BCUT2D eigenvalue weighted by atomic mass is 9.82. The molecule has 1 spiro atoms. The Morgan fingerprint density at radius 1 is 1.05 bits per heavy atom. The first-order valence-corrected chi connectivity index (χ1v) is 14.9. The predicted octanol–water partition coefficient (Wildman–Crippen LogP) is 4.52. The zero-order valence-corrected chi connectivity index (χ0v) is 22.3. The van der Waals surface area contributed by atoms with E-state index in [1.54, 1.807) is 0 Å². The molecular weight excluding hydrogens is 490 g/mol. The van der Waals surface area contributed by atoms with Gasteiger partial charge in [0, 0.05) is 38.5 Å². The molecule has 0 aliphatic carbocycles. The minimum atomic E-state index is -3.21. The molecule has 0 bridgehead atoms. The highest BCUT2D eigenvalue weighted by Crippen LogP contribution is 2.41. The summed E-state index contributed by atoms with van der Waals surface area (Å²) in [6.07, 6.45) is 4.03. The fourth-order valence-electron chi connectivity index (χ4n) is 5.15. The Morgan fingerprint density at radius 2 is 1.78 bits per heavy atom. The zero-order chi connectivity index (χ0) is 26.0. The van der Waals surface area contributed by atoms with Crippen LogP contribution in [0.2, 0.25) is 0 Å². The van der Waals surface area contributed by atoms with Gasteiger partial charge in [0.05, 0.1) is 11.5 Å². The molecular formula is C28H35N3O5S. The van der Waals surface area contributed by atoms with Gasteiger partial charge in [-0.1, -0.05) is 49.3 Å². The van der Waals surface area contributed by atoms with E-state index < -0.39 is 9.84 Å². The summed E-state index contributed by atoms with van der Waals surface area (Å²) >= 11 is 0. The predicted molar refractivity (Wildman–Crippen MR) is 143 cm³/mol. The molecule has 9 heteroatoms. The van der Waals surface area contributed by atoms with Gasteiger partial charge in [-0.05, 0) is 53.6 Å². The van der Waals surface area contributed by atoms with Gasteiger partial charge >= 0.3 is 6.01 Å². The van der Waals surface area contributed by atoms with Crippen molar-refractivity contribution in [1.82, 2.24) is 10.1 Å². The van der Waals surface area contributed by atoms with Gasteiger partial charge in [-0.15, -0.1) is 0 Å². The fraction of sp³-hybridized carbons (Fsp3) is 0.500. The number of nitrogens with zero attached hydrogens (tertiary/aromatic N) is 3. The number of hydrogen-bond acceptors (Lipinski definition) is 8. The summed E-state index contributed by atoms with van der Waals surface area (Å²) in [5, 5.41) is 13.0. The van der Waals surface area contributed by atoms with E-state index in [4.69, 9.17) is 14.4 Å². The molecule has 0 atom stereocenters. The standard InChI is InChI=1S/C28H35N3O5S/c1-20(2)26-29-27(36-30-26)31-14-12-28(13-15-31)11-10-24-18-23(8-9-25(24)35-28)22-6-4-21(5-7-22)19-37(33,34)17-3-16-32/h4-9,18,20,32H,3,10-17,19H2,1-2H3. The van der Waals surface area contributed by atoms with Gasteiger partial charge in [0.1, 0.15) is 11.4 Å². The number of aliphatic hydroxyl groups is 1. The molecule has 1 N–H and O–H groups in total. The summed E-state index contributed by atoms with van der Waals surface area (Å²) in [6.45, 7) is 5.66. The Balaban J connectivity index is 1.22. The van der Waals surface area contributed by atoms with Crippen molar-refractivity contribution < 1.29 is 22.8 Å². The molecule has 1 aromatic heterocycles. The molecule has 8 nitrogen and oxygen atoms in total. The Bertz CT molecular complexity index is 1330. The van der Waals surface area contributed by atoms with Crippen molar-refractivity contribution in [2.24, 2.45) is 0 Å². The first-order valence-electron chi connectivity index (χ1n) is 13.1. The maximum absolute atomic E-state index is 12.2. The number of aromatic nitrogens is 2. The van der Waals surface area contributed by atoms with Crippen molar-refractivity contribution in [2.45, 2.75) is 63.2 Å². The third-order valence-corrected chi connectivity index (χ3v) is 9.10. The van der Waals surface area contributed by atoms with Crippen molar-refractivity contribution in [3.63, 3.8) is 0 Å². The van der Waals surface area contributed by atoms with Gasteiger partial charge in [-0.25, -0.2) is 8.42 Å². The van der Waals surface area contributed by atoms with E-state index in [-0.39, 0.29) is 36.1 Å². The third kappa shape index (κ3) is 5.83. The maximum Gasteiger partial charge on any atom is 0.324 e. The van der Waals surface area contributed by atoms with Crippen molar-refractivity contribution in [2.75, 3.05) is 30.3 Å². The summed E-state index contributed by atoms with van der Waals surface area (Å²) in [7, 11) is -3.21. The molecule has 2 aliphatic heterocycles. The topological polar surface area (TPSA) is 106 Å². The summed E-state index contributed by atoms with van der Waals surface area (Å²) in [4.78, 5) is 6.70.